The van der Waals surface area contributed by atoms with Crippen molar-refractivity contribution in [2.24, 2.45) is 11.8 Å². The van der Waals surface area contributed by atoms with E-state index in [1.807, 2.05) is 18.2 Å². The molecule has 3 heteroatoms. The van der Waals surface area contributed by atoms with Gasteiger partial charge in [-0.15, -0.1) is 0 Å². The predicted molar refractivity (Wildman–Crippen MR) is 77.1 cm³/mol. The molecular weight excluding hydrogens is 236 g/mol. The van der Waals surface area contributed by atoms with Crippen molar-refractivity contribution >= 4 is 11.6 Å². The summed E-state index contributed by atoms with van der Waals surface area (Å²) >= 11 is 0. The smallest absolute Gasteiger partial charge is 0.224 e. The minimum Gasteiger partial charge on any atom is -0.382 e. The molecule has 1 amide bonds. The normalized spacial score (nSPS) is 28.4. The third kappa shape index (κ3) is 2.60. The molecule has 2 aliphatic carbocycles. The zero-order chi connectivity index (χ0) is 13.2. The van der Waals surface area contributed by atoms with Crippen molar-refractivity contribution < 1.29 is 4.79 Å². The zero-order valence-corrected chi connectivity index (χ0v) is 11.5. The van der Waals surface area contributed by atoms with Gasteiger partial charge in [-0.1, -0.05) is 24.6 Å². The van der Waals surface area contributed by atoms with Gasteiger partial charge in [0.05, 0.1) is 6.42 Å². The fraction of sp³-hybridized carbons (Fsp3) is 0.562. The van der Waals surface area contributed by atoms with Crippen LogP contribution in [-0.2, 0) is 11.2 Å². The van der Waals surface area contributed by atoms with E-state index in [1.54, 1.807) is 7.05 Å². The van der Waals surface area contributed by atoms with Crippen LogP contribution < -0.4 is 10.6 Å². The first-order chi connectivity index (χ1) is 9.26. The number of fused-ring (bicyclic) bond motifs is 2. The highest BCUT2D eigenvalue weighted by Gasteiger charge is 2.39. The number of amides is 1. The van der Waals surface area contributed by atoms with Gasteiger partial charge in [-0.25, -0.2) is 0 Å². The third-order valence-electron chi connectivity index (χ3n) is 4.73. The molecule has 0 radical (unpaired) electrons. The van der Waals surface area contributed by atoms with Crippen molar-refractivity contribution in [2.45, 2.75) is 38.1 Å². The lowest BCUT2D eigenvalue weighted by Gasteiger charge is -2.25. The Hall–Kier alpha value is -1.51. The summed E-state index contributed by atoms with van der Waals surface area (Å²) in [5, 5.41) is 6.38. The van der Waals surface area contributed by atoms with Gasteiger partial charge in [0.1, 0.15) is 0 Å². The van der Waals surface area contributed by atoms with E-state index >= 15 is 0 Å². The highest BCUT2D eigenvalue weighted by atomic mass is 16.1. The average Bonchev–Trinajstić information content (AvgIpc) is 3.03. The number of nitrogens with one attached hydrogen (secondary N) is 2. The molecule has 2 saturated carbocycles. The van der Waals surface area contributed by atoms with Crippen LogP contribution in [0.1, 0.15) is 31.2 Å². The molecule has 3 atom stereocenters. The Morgan fingerprint density at radius 1 is 1.26 bits per heavy atom. The first kappa shape index (κ1) is 12.5. The van der Waals surface area contributed by atoms with Crippen molar-refractivity contribution in [3.63, 3.8) is 0 Å². The Morgan fingerprint density at radius 2 is 2.11 bits per heavy atom. The molecule has 0 aromatic heterocycles. The zero-order valence-electron chi connectivity index (χ0n) is 11.5. The monoisotopic (exact) mass is 258 g/mol. The summed E-state index contributed by atoms with van der Waals surface area (Å²) in [6.07, 6.45) is 5.96. The lowest BCUT2D eigenvalue weighted by atomic mass is 9.94. The molecule has 2 N–H and O–H groups in total. The molecule has 1 aromatic carbocycles. The molecule has 19 heavy (non-hydrogen) atoms. The molecular formula is C16H22N2O. The van der Waals surface area contributed by atoms with Gasteiger partial charge >= 0.3 is 0 Å². The molecule has 3 nitrogen and oxygen atoms in total. The van der Waals surface area contributed by atoms with Crippen LogP contribution in [0.15, 0.2) is 24.3 Å². The summed E-state index contributed by atoms with van der Waals surface area (Å²) in [7, 11) is 1.69. The van der Waals surface area contributed by atoms with E-state index in [2.05, 4.69) is 16.7 Å². The van der Waals surface area contributed by atoms with E-state index in [0.717, 1.165) is 23.1 Å². The van der Waals surface area contributed by atoms with Crippen LogP contribution >= 0.6 is 0 Å². The fourth-order valence-corrected chi connectivity index (χ4v) is 3.70. The van der Waals surface area contributed by atoms with Crippen molar-refractivity contribution in [3.05, 3.63) is 29.8 Å². The van der Waals surface area contributed by atoms with E-state index < -0.39 is 0 Å². The second-order valence-corrected chi connectivity index (χ2v) is 5.93. The maximum Gasteiger partial charge on any atom is 0.224 e. The Balaban J connectivity index is 1.71. The second-order valence-electron chi connectivity index (χ2n) is 5.93. The van der Waals surface area contributed by atoms with Crippen LogP contribution in [-0.4, -0.2) is 19.0 Å². The topological polar surface area (TPSA) is 41.1 Å². The first-order valence-corrected chi connectivity index (χ1v) is 7.31. The van der Waals surface area contributed by atoms with E-state index in [1.165, 1.54) is 25.7 Å². The molecule has 3 rings (SSSR count). The predicted octanol–water partition coefficient (Wildman–Crippen LogP) is 2.58. The van der Waals surface area contributed by atoms with Gasteiger partial charge in [-0.05, 0) is 42.7 Å². The lowest BCUT2D eigenvalue weighted by molar-refractivity contribution is -0.119. The van der Waals surface area contributed by atoms with Gasteiger partial charge in [0.2, 0.25) is 5.91 Å². The molecule has 1 aromatic rings. The van der Waals surface area contributed by atoms with E-state index in [9.17, 15) is 4.79 Å². The molecule has 2 fully saturated rings. The highest BCUT2D eigenvalue weighted by Crippen LogP contribution is 2.45. The number of hydrogen-bond acceptors (Lipinski definition) is 2. The standard InChI is InChI=1S/C16H22N2O/c1-17-16(19)10-12-4-2-3-5-14(12)18-15-9-11-6-7-13(15)8-11/h2-5,11,13,15,18H,6-10H2,1H3,(H,17,19). The molecule has 0 aliphatic heterocycles. The minimum atomic E-state index is 0.0715. The largest absolute Gasteiger partial charge is 0.382 e. The van der Waals surface area contributed by atoms with Gasteiger partial charge in [0, 0.05) is 18.8 Å². The van der Waals surface area contributed by atoms with Gasteiger partial charge in [-0.3, -0.25) is 4.79 Å². The Kier molecular flexibility index (Phi) is 3.45. The van der Waals surface area contributed by atoms with Crippen LogP contribution in [0, 0.1) is 11.8 Å². The summed E-state index contributed by atoms with van der Waals surface area (Å²) in [4.78, 5) is 11.6. The summed E-state index contributed by atoms with van der Waals surface area (Å²) in [5.74, 6) is 1.86. The number of rotatable bonds is 4. The van der Waals surface area contributed by atoms with E-state index in [0.29, 0.717) is 12.5 Å². The van der Waals surface area contributed by atoms with Gasteiger partial charge in [0.15, 0.2) is 0 Å². The van der Waals surface area contributed by atoms with Gasteiger partial charge in [-0.2, -0.15) is 0 Å². The maximum absolute atomic E-state index is 11.6. The summed E-state index contributed by atoms with van der Waals surface area (Å²) in [6, 6.07) is 8.81. The van der Waals surface area contributed by atoms with Gasteiger partial charge < -0.3 is 10.6 Å². The highest BCUT2D eigenvalue weighted by molar-refractivity contribution is 5.80. The summed E-state index contributed by atoms with van der Waals surface area (Å²) in [6.45, 7) is 0. The van der Waals surface area contributed by atoms with Crippen molar-refractivity contribution in [1.29, 1.82) is 0 Å². The van der Waals surface area contributed by atoms with Gasteiger partial charge in [0.25, 0.3) is 0 Å². The number of carbonyl (C=O) groups is 1. The molecule has 2 aliphatic rings. The minimum absolute atomic E-state index is 0.0715. The first-order valence-electron chi connectivity index (χ1n) is 7.31. The van der Waals surface area contributed by atoms with Crippen LogP contribution in [0.25, 0.3) is 0 Å². The van der Waals surface area contributed by atoms with Crippen LogP contribution in [0.2, 0.25) is 0 Å². The lowest BCUT2D eigenvalue weighted by Crippen LogP contribution is -2.27. The fourth-order valence-electron chi connectivity index (χ4n) is 3.70. The van der Waals surface area contributed by atoms with Crippen LogP contribution in [0.4, 0.5) is 5.69 Å². The van der Waals surface area contributed by atoms with Crippen molar-refractivity contribution in [2.75, 3.05) is 12.4 Å². The quantitative estimate of drug-likeness (QED) is 0.871. The number of carbonyl (C=O) groups excluding carboxylic acids is 1. The Morgan fingerprint density at radius 3 is 2.79 bits per heavy atom. The molecule has 0 heterocycles. The molecule has 0 saturated heterocycles. The molecule has 0 spiro atoms. The number of hydrogen-bond donors (Lipinski definition) is 2. The van der Waals surface area contributed by atoms with Crippen LogP contribution in [0.3, 0.4) is 0 Å². The number of benzene rings is 1. The Bertz CT molecular complexity index is 472. The number of para-hydroxylation sites is 1. The summed E-state index contributed by atoms with van der Waals surface area (Å²) in [5.41, 5.74) is 2.24. The number of anilines is 1. The molecule has 2 bridgehead atoms. The molecule has 102 valence electrons. The van der Waals surface area contributed by atoms with Crippen molar-refractivity contribution in [3.8, 4) is 0 Å². The number of likely N-dealkylation sites (N-methyl/N-ethyl adjacent to an activating group) is 1. The van der Waals surface area contributed by atoms with Crippen LogP contribution in [0.5, 0.6) is 0 Å². The SMILES string of the molecule is CNC(=O)Cc1ccccc1NC1CC2CCC1C2. The second kappa shape index (κ2) is 5.24. The van der Waals surface area contributed by atoms with E-state index in [4.69, 9.17) is 0 Å². The Labute approximate surface area is 114 Å². The van der Waals surface area contributed by atoms with Crippen molar-refractivity contribution in [1.82, 2.24) is 5.32 Å². The third-order valence-corrected chi connectivity index (χ3v) is 4.73. The summed E-state index contributed by atoms with van der Waals surface area (Å²) < 4.78 is 0. The average molecular weight is 258 g/mol. The molecule has 3 unspecified atom stereocenters. The maximum atomic E-state index is 11.6. The van der Waals surface area contributed by atoms with E-state index in [-0.39, 0.29) is 5.91 Å².